The van der Waals surface area contributed by atoms with E-state index < -0.39 is 12.0 Å². The van der Waals surface area contributed by atoms with Crippen molar-refractivity contribution in [3.8, 4) is 11.6 Å². The number of carbonyl (C=O) groups excluding carboxylic acids is 1. The monoisotopic (exact) mass is 532 g/mol. The summed E-state index contributed by atoms with van der Waals surface area (Å²) in [6.07, 6.45) is -0.767. The van der Waals surface area contributed by atoms with Gasteiger partial charge in [0, 0.05) is 49.1 Å². The maximum Gasteiger partial charge on any atom is 0.281 e. The van der Waals surface area contributed by atoms with Crippen molar-refractivity contribution >= 4 is 28.9 Å². The van der Waals surface area contributed by atoms with E-state index in [0.717, 1.165) is 36.9 Å². The highest BCUT2D eigenvalue weighted by Crippen LogP contribution is 2.23. The summed E-state index contributed by atoms with van der Waals surface area (Å²) in [5.41, 5.74) is 2.47. The van der Waals surface area contributed by atoms with Gasteiger partial charge in [-0.1, -0.05) is 59.3 Å². The summed E-state index contributed by atoms with van der Waals surface area (Å²) in [6, 6.07) is 26.3. The number of halogens is 1. The summed E-state index contributed by atoms with van der Waals surface area (Å²) in [5, 5.41) is 22.6. The zero-order chi connectivity index (χ0) is 26.3. The third kappa shape index (κ3) is 6.31. The number of para-hydroxylation sites is 2. The van der Waals surface area contributed by atoms with E-state index in [1.54, 1.807) is 12.1 Å². The number of hydrogen-bond acceptors (Lipinski definition) is 7. The molecule has 1 aromatic heterocycles. The van der Waals surface area contributed by atoms with E-state index in [0.29, 0.717) is 17.9 Å². The van der Waals surface area contributed by atoms with Crippen LogP contribution in [-0.4, -0.2) is 76.3 Å². The molecule has 3 aromatic carbocycles. The molecule has 10 heteroatoms. The van der Waals surface area contributed by atoms with Crippen molar-refractivity contribution in [3.63, 3.8) is 0 Å². The van der Waals surface area contributed by atoms with E-state index in [-0.39, 0.29) is 18.2 Å². The highest BCUT2D eigenvalue weighted by atomic mass is 35.5. The van der Waals surface area contributed by atoms with Crippen LogP contribution in [0.1, 0.15) is 10.5 Å². The van der Waals surface area contributed by atoms with Gasteiger partial charge in [-0.15, -0.1) is 5.10 Å². The number of anilines is 2. The Labute approximate surface area is 226 Å². The van der Waals surface area contributed by atoms with Crippen LogP contribution in [0.15, 0.2) is 84.9 Å². The van der Waals surface area contributed by atoms with Crippen LogP contribution in [-0.2, 0) is 0 Å². The van der Waals surface area contributed by atoms with Crippen LogP contribution in [0.25, 0.3) is 5.69 Å². The molecule has 0 aliphatic carbocycles. The highest BCUT2D eigenvalue weighted by Gasteiger charge is 2.25. The average Bonchev–Trinajstić information content (AvgIpc) is 3.37. The minimum absolute atomic E-state index is 0.0136. The maximum absolute atomic E-state index is 13.0. The molecule has 1 saturated heterocycles. The minimum Gasteiger partial charge on any atom is -0.473 e. The fourth-order valence-corrected chi connectivity index (χ4v) is 4.57. The first-order valence-corrected chi connectivity index (χ1v) is 12.9. The lowest BCUT2D eigenvalue weighted by Crippen LogP contribution is -2.49. The Kier molecular flexibility index (Phi) is 8.18. The number of aliphatic hydroxyl groups excluding tert-OH is 1. The second-order valence-electron chi connectivity index (χ2n) is 9.04. The molecular weight excluding hydrogens is 504 g/mol. The Hall–Kier alpha value is -3.92. The number of carbonyl (C=O) groups is 1. The van der Waals surface area contributed by atoms with Crippen LogP contribution in [0, 0.1) is 0 Å². The Bertz CT molecular complexity index is 1340. The smallest absolute Gasteiger partial charge is 0.281 e. The van der Waals surface area contributed by atoms with Gasteiger partial charge in [0.05, 0.1) is 5.69 Å². The van der Waals surface area contributed by atoms with E-state index >= 15 is 0 Å². The molecule has 5 rings (SSSR count). The molecule has 4 aromatic rings. The number of nitrogens with one attached hydrogen (secondary N) is 1. The summed E-state index contributed by atoms with van der Waals surface area (Å²) < 4.78 is 7.47. The molecule has 1 aliphatic rings. The lowest BCUT2D eigenvalue weighted by Gasteiger charge is -2.36. The normalized spacial score (nSPS) is 14.7. The van der Waals surface area contributed by atoms with Crippen LogP contribution >= 0.6 is 11.6 Å². The van der Waals surface area contributed by atoms with E-state index in [1.807, 2.05) is 66.7 Å². The van der Waals surface area contributed by atoms with Gasteiger partial charge in [-0.25, -0.2) is 0 Å². The van der Waals surface area contributed by atoms with E-state index in [2.05, 4.69) is 31.5 Å². The molecule has 0 spiro atoms. The standard InChI is InChI=1S/C28H29ClN6O3/c29-21-8-7-13-24(18-21)34-16-14-33(15-17-34)19-25(36)20-38-28-26(27(37)30-22-9-3-1-4-10-22)31-32-35(28)23-11-5-2-6-12-23/h1-13,18,25,36H,14-17,19-20H2,(H,30,37). The number of amides is 1. The molecule has 38 heavy (non-hydrogen) atoms. The zero-order valence-electron chi connectivity index (χ0n) is 20.8. The Morgan fingerprint density at radius 2 is 1.63 bits per heavy atom. The van der Waals surface area contributed by atoms with Crippen LogP contribution in [0.2, 0.25) is 5.02 Å². The number of aliphatic hydroxyl groups is 1. The van der Waals surface area contributed by atoms with E-state index in [9.17, 15) is 9.90 Å². The van der Waals surface area contributed by atoms with Crippen molar-refractivity contribution in [1.82, 2.24) is 19.9 Å². The summed E-state index contributed by atoms with van der Waals surface area (Å²) in [7, 11) is 0. The van der Waals surface area contributed by atoms with E-state index in [1.165, 1.54) is 4.68 Å². The highest BCUT2D eigenvalue weighted by molar-refractivity contribution is 6.30. The topological polar surface area (TPSA) is 95.8 Å². The van der Waals surface area contributed by atoms with Crippen molar-refractivity contribution in [2.24, 2.45) is 0 Å². The second-order valence-corrected chi connectivity index (χ2v) is 9.48. The van der Waals surface area contributed by atoms with Gasteiger partial charge in [0.25, 0.3) is 11.8 Å². The number of nitrogens with zero attached hydrogens (tertiary/aromatic N) is 5. The van der Waals surface area contributed by atoms with E-state index in [4.69, 9.17) is 16.3 Å². The molecule has 0 radical (unpaired) electrons. The average molecular weight is 533 g/mol. The van der Waals surface area contributed by atoms with Gasteiger partial charge in [-0.3, -0.25) is 9.69 Å². The summed E-state index contributed by atoms with van der Waals surface area (Å²) in [6.45, 7) is 3.71. The molecule has 196 valence electrons. The molecule has 0 bridgehead atoms. The molecule has 2 N–H and O–H groups in total. The zero-order valence-corrected chi connectivity index (χ0v) is 21.5. The molecule has 2 heterocycles. The third-order valence-corrected chi connectivity index (χ3v) is 6.54. The number of benzene rings is 3. The second kappa shape index (κ2) is 12.1. The van der Waals surface area contributed by atoms with Crippen LogP contribution in [0.4, 0.5) is 11.4 Å². The van der Waals surface area contributed by atoms with Crippen LogP contribution in [0.5, 0.6) is 5.88 Å². The van der Waals surface area contributed by atoms with Gasteiger partial charge in [0.2, 0.25) is 5.69 Å². The molecular formula is C28H29ClN6O3. The van der Waals surface area contributed by atoms with Crippen molar-refractivity contribution in [2.45, 2.75) is 6.10 Å². The van der Waals surface area contributed by atoms with Gasteiger partial charge in [-0.2, -0.15) is 4.68 Å². The van der Waals surface area contributed by atoms with Crippen LogP contribution < -0.4 is 15.0 Å². The van der Waals surface area contributed by atoms with Gasteiger partial charge >= 0.3 is 0 Å². The largest absolute Gasteiger partial charge is 0.473 e. The number of aromatic nitrogens is 3. The summed E-state index contributed by atoms with van der Waals surface area (Å²) in [5.74, 6) is -0.269. The Morgan fingerprint density at radius 3 is 2.34 bits per heavy atom. The molecule has 9 nitrogen and oxygen atoms in total. The van der Waals surface area contributed by atoms with Crippen molar-refractivity contribution in [1.29, 1.82) is 0 Å². The molecule has 1 atom stereocenters. The Morgan fingerprint density at radius 1 is 0.947 bits per heavy atom. The number of β-amino-alcohol motifs (C(OH)–C–C–N with tert-alkyl or cyclic N) is 1. The number of ether oxygens (including phenoxy) is 1. The molecule has 1 amide bonds. The minimum atomic E-state index is -0.767. The van der Waals surface area contributed by atoms with Crippen molar-refractivity contribution in [2.75, 3.05) is 49.5 Å². The molecule has 1 fully saturated rings. The SMILES string of the molecule is O=C(Nc1ccccc1)c1nnn(-c2ccccc2)c1OCC(O)CN1CCN(c2cccc(Cl)c2)CC1. The lowest BCUT2D eigenvalue weighted by atomic mass is 10.2. The van der Waals surface area contributed by atoms with Crippen LogP contribution in [0.3, 0.4) is 0 Å². The summed E-state index contributed by atoms with van der Waals surface area (Å²) in [4.78, 5) is 17.5. The predicted octanol–water partition coefficient (Wildman–Crippen LogP) is 3.73. The van der Waals surface area contributed by atoms with Crippen molar-refractivity contribution < 1.29 is 14.6 Å². The van der Waals surface area contributed by atoms with Gasteiger partial charge < -0.3 is 20.1 Å². The molecule has 0 saturated carbocycles. The van der Waals surface area contributed by atoms with Gasteiger partial charge in [0.1, 0.15) is 12.7 Å². The molecule has 1 unspecified atom stereocenters. The predicted molar refractivity (Wildman–Crippen MR) is 147 cm³/mol. The quantitative estimate of drug-likeness (QED) is 0.339. The van der Waals surface area contributed by atoms with Crippen molar-refractivity contribution in [3.05, 3.63) is 95.6 Å². The fourth-order valence-electron chi connectivity index (χ4n) is 4.38. The van der Waals surface area contributed by atoms with Gasteiger partial charge in [-0.05, 0) is 42.5 Å². The number of rotatable bonds is 9. The first-order chi connectivity index (χ1) is 18.6. The Balaban J connectivity index is 1.22. The lowest BCUT2D eigenvalue weighted by molar-refractivity contribution is 0.0631. The van der Waals surface area contributed by atoms with Gasteiger partial charge in [0.15, 0.2) is 0 Å². The number of piperazine rings is 1. The molecule has 1 aliphatic heterocycles. The first-order valence-electron chi connectivity index (χ1n) is 12.5. The summed E-state index contributed by atoms with van der Waals surface area (Å²) >= 11 is 6.14. The number of hydrogen-bond donors (Lipinski definition) is 2. The first kappa shape index (κ1) is 25.7. The maximum atomic E-state index is 13.0. The third-order valence-electron chi connectivity index (χ3n) is 6.30. The fraction of sp³-hybridized carbons (Fsp3) is 0.250.